The summed E-state index contributed by atoms with van der Waals surface area (Å²) in [7, 11) is -3.66. The zero-order chi connectivity index (χ0) is 23.6. The minimum Gasteiger partial charge on any atom is -0.347 e. The number of benzene rings is 2. The lowest BCUT2D eigenvalue weighted by atomic mass is 9.94. The fraction of sp³-hybridized carbons (Fsp3) is 0.333. The molecule has 2 atom stereocenters. The van der Waals surface area contributed by atoms with Gasteiger partial charge in [-0.25, -0.2) is 8.42 Å². The number of sulfonamides is 1. The quantitative estimate of drug-likeness (QED) is 0.474. The highest BCUT2D eigenvalue weighted by Crippen LogP contribution is 2.27. The van der Waals surface area contributed by atoms with Gasteiger partial charge < -0.3 is 9.84 Å². The molecule has 0 aliphatic carbocycles. The summed E-state index contributed by atoms with van der Waals surface area (Å²) >= 11 is 5.91. The van der Waals surface area contributed by atoms with Crippen LogP contribution in [-0.2, 0) is 10.0 Å². The van der Waals surface area contributed by atoms with Crippen LogP contribution in [0.15, 0.2) is 64.0 Å². The third-order valence-electron chi connectivity index (χ3n) is 5.70. The van der Waals surface area contributed by atoms with E-state index >= 15 is 0 Å². The summed E-state index contributed by atoms with van der Waals surface area (Å²) < 4.78 is 33.1. The number of anilines is 1. The van der Waals surface area contributed by atoms with Crippen LogP contribution in [0.2, 0.25) is 5.02 Å². The summed E-state index contributed by atoms with van der Waals surface area (Å²) in [5.74, 6) is 0.694. The van der Waals surface area contributed by atoms with Crippen molar-refractivity contribution in [3.8, 4) is 11.3 Å². The van der Waals surface area contributed by atoms with Crippen molar-refractivity contribution < 1.29 is 17.7 Å². The average molecular weight is 488 g/mol. The Balaban J connectivity index is 1.43. The molecule has 1 fully saturated rings. The summed E-state index contributed by atoms with van der Waals surface area (Å²) in [5.41, 5.74) is 1.76. The van der Waals surface area contributed by atoms with E-state index < -0.39 is 10.0 Å². The van der Waals surface area contributed by atoms with E-state index in [2.05, 4.69) is 24.3 Å². The second-order valence-corrected chi connectivity index (χ2v) is 11.0. The number of nitrogens with zero attached hydrogens (tertiary/aromatic N) is 2. The molecule has 3 aromatic rings. The molecular weight excluding hydrogens is 462 g/mol. The Morgan fingerprint density at radius 2 is 1.82 bits per heavy atom. The molecule has 1 saturated heterocycles. The Morgan fingerprint density at radius 1 is 1.12 bits per heavy atom. The first-order valence-electron chi connectivity index (χ1n) is 10.8. The van der Waals surface area contributed by atoms with Crippen molar-refractivity contribution in [1.82, 2.24) is 9.46 Å². The molecule has 9 heteroatoms. The van der Waals surface area contributed by atoms with Crippen LogP contribution in [0.3, 0.4) is 0 Å². The molecule has 2 aromatic carbocycles. The van der Waals surface area contributed by atoms with Crippen LogP contribution in [-0.4, -0.2) is 43.3 Å². The van der Waals surface area contributed by atoms with Gasteiger partial charge in [-0.15, -0.1) is 0 Å². The standard InChI is InChI=1S/C24H26ClN3O4S/c1-16-10-17(2)15-28(14-16)33(30,31)21-5-3-4-19(11-21)23(29)13-26-24-12-22(27-32-24)18-6-8-20(25)9-7-18/h3-9,11-12,16-17,26H,10,13-15H2,1-2H3. The topological polar surface area (TPSA) is 92.5 Å². The number of ketones is 1. The van der Waals surface area contributed by atoms with E-state index in [0.717, 1.165) is 12.0 Å². The molecule has 4 rings (SSSR count). The molecule has 0 saturated carbocycles. The number of piperidine rings is 1. The number of hydrogen-bond acceptors (Lipinski definition) is 6. The van der Waals surface area contributed by atoms with Gasteiger partial charge in [0.2, 0.25) is 15.9 Å². The van der Waals surface area contributed by atoms with Gasteiger partial charge in [-0.2, -0.15) is 4.31 Å². The van der Waals surface area contributed by atoms with E-state index in [1.807, 2.05) is 12.1 Å². The van der Waals surface area contributed by atoms with E-state index in [-0.39, 0.29) is 17.2 Å². The predicted molar refractivity (Wildman–Crippen MR) is 128 cm³/mol. The van der Waals surface area contributed by atoms with Gasteiger partial charge in [0.15, 0.2) is 5.78 Å². The van der Waals surface area contributed by atoms with Crippen LogP contribution in [0.4, 0.5) is 5.88 Å². The molecule has 1 N–H and O–H groups in total. The van der Waals surface area contributed by atoms with Crippen molar-refractivity contribution in [2.24, 2.45) is 11.8 Å². The largest absolute Gasteiger partial charge is 0.347 e. The Kier molecular flexibility index (Phi) is 6.88. The number of Topliss-reactive ketones (excluding diaryl/α,β-unsaturated/α-hetero) is 1. The zero-order valence-electron chi connectivity index (χ0n) is 18.5. The minimum absolute atomic E-state index is 0.0590. The Hall–Kier alpha value is -2.68. The lowest BCUT2D eigenvalue weighted by Gasteiger charge is -2.34. The molecule has 33 heavy (non-hydrogen) atoms. The monoisotopic (exact) mass is 487 g/mol. The Labute approximate surface area is 198 Å². The summed E-state index contributed by atoms with van der Waals surface area (Å²) in [6, 6.07) is 15.1. The van der Waals surface area contributed by atoms with Gasteiger partial charge in [-0.3, -0.25) is 4.79 Å². The Morgan fingerprint density at radius 3 is 2.52 bits per heavy atom. The lowest BCUT2D eigenvalue weighted by molar-refractivity contribution is 0.100. The molecule has 2 unspecified atom stereocenters. The maximum Gasteiger partial charge on any atom is 0.243 e. The third-order valence-corrected chi connectivity index (χ3v) is 7.78. The molecule has 0 spiro atoms. The number of hydrogen-bond donors (Lipinski definition) is 1. The number of carbonyl (C=O) groups is 1. The van der Waals surface area contributed by atoms with E-state index in [1.165, 1.54) is 10.4 Å². The third kappa shape index (κ3) is 5.46. The summed E-state index contributed by atoms with van der Waals surface area (Å²) in [5, 5.41) is 7.54. The van der Waals surface area contributed by atoms with Crippen LogP contribution >= 0.6 is 11.6 Å². The molecule has 174 valence electrons. The molecule has 1 aliphatic rings. The molecule has 1 aromatic heterocycles. The first kappa shape index (κ1) is 23.5. The molecule has 2 heterocycles. The zero-order valence-corrected chi connectivity index (χ0v) is 20.1. The van der Waals surface area contributed by atoms with Crippen molar-refractivity contribution in [2.75, 3.05) is 25.0 Å². The highest BCUT2D eigenvalue weighted by molar-refractivity contribution is 7.89. The van der Waals surface area contributed by atoms with E-state index in [1.54, 1.807) is 36.4 Å². The van der Waals surface area contributed by atoms with Gasteiger partial charge >= 0.3 is 0 Å². The Bertz CT molecular complexity index is 1230. The fourth-order valence-corrected chi connectivity index (χ4v) is 6.02. The first-order valence-corrected chi connectivity index (χ1v) is 12.6. The van der Waals surface area contributed by atoms with Crippen LogP contribution in [0.5, 0.6) is 0 Å². The minimum atomic E-state index is -3.66. The number of carbonyl (C=O) groups excluding carboxylic acids is 1. The van der Waals surface area contributed by atoms with Crippen molar-refractivity contribution in [3.05, 3.63) is 65.2 Å². The van der Waals surface area contributed by atoms with Crippen molar-refractivity contribution >= 4 is 33.3 Å². The van der Waals surface area contributed by atoms with Crippen molar-refractivity contribution in [1.29, 1.82) is 0 Å². The highest BCUT2D eigenvalue weighted by atomic mass is 35.5. The van der Waals surface area contributed by atoms with Gasteiger partial charge in [-0.05, 0) is 42.5 Å². The maximum atomic E-state index is 13.2. The van der Waals surface area contributed by atoms with Gasteiger partial charge in [-0.1, -0.05) is 54.9 Å². The maximum absolute atomic E-state index is 13.2. The summed E-state index contributed by atoms with van der Waals surface area (Å²) in [6.45, 7) is 5.05. The number of nitrogens with one attached hydrogen (secondary N) is 1. The molecular formula is C24H26ClN3O4S. The second-order valence-electron chi connectivity index (χ2n) is 8.66. The van der Waals surface area contributed by atoms with Crippen molar-refractivity contribution in [3.63, 3.8) is 0 Å². The van der Waals surface area contributed by atoms with Gasteiger partial charge in [0.25, 0.3) is 0 Å². The SMILES string of the molecule is CC1CC(C)CN(S(=O)(=O)c2cccc(C(=O)CNc3cc(-c4ccc(Cl)cc4)no3)c2)C1. The molecule has 7 nitrogen and oxygen atoms in total. The van der Waals surface area contributed by atoms with Gasteiger partial charge in [0, 0.05) is 35.3 Å². The highest BCUT2D eigenvalue weighted by Gasteiger charge is 2.32. The normalized spacial score (nSPS) is 19.4. The van der Waals surface area contributed by atoms with E-state index in [4.69, 9.17) is 16.1 Å². The summed E-state index contributed by atoms with van der Waals surface area (Å²) in [4.78, 5) is 12.9. The lowest BCUT2D eigenvalue weighted by Crippen LogP contribution is -2.42. The second kappa shape index (κ2) is 9.67. The van der Waals surface area contributed by atoms with E-state index in [9.17, 15) is 13.2 Å². The van der Waals surface area contributed by atoms with Crippen LogP contribution in [0, 0.1) is 11.8 Å². The molecule has 0 radical (unpaired) electrons. The van der Waals surface area contributed by atoms with E-state index in [0.29, 0.717) is 47.1 Å². The molecule has 0 bridgehead atoms. The fourth-order valence-electron chi connectivity index (χ4n) is 4.17. The average Bonchev–Trinajstić information content (AvgIpc) is 3.26. The molecule has 1 aliphatic heterocycles. The van der Waals surface area contributed by atoms with Crippen LogP contribution in [0.1, 0.15) is 30.6 Å². The predicted octanol–water partition coefficient (Wildman–Crippen LogP) is 4.96. The van der Waals surface area contributed by atoms with Crippen LogP contribution < -0.4 is 5.32 Å². The number of aromatic nitrogens is 1. The van der Waals surface area contributed by atoms with Crippen molar-refractivity contribution in [2.45, 2.75) is 25.2 Å². The smallest absolute Gasteiger partial charge is 0.243 e. The number of rotatable bonds is 7. The number of halogens is 1. The van der Waals surface area contributed by atoms with Gasteiger partial charge in [0.1, 0.15) is 5.69 Å². The van der Waals surface area contributed by atoms with Gasteiger partial charge in [0.05, 0.1) is 11.4 Å². The molecule has 0 amide bonds. The summed E-state index contributed by atoms with van der Waals surface area (Å²) in [6.07, 6.45) is 1.01. The van der Waals surface area contributed by atoms with Crippen LogP contribution in [0.25, 0.3) is 11.3 Å². The first-order chi connectivity index (χ1) is 15.7.